The van der Waals surface area contributed by atoms with Crippen molar-refractivity contribution in [2.24, 2.45) is 35.5 Å². The van der Waals surface area contributed by atoms with Gasteiger partial charge in [-0.25, -0.2) is 0 Å². The lowest BCUT2D eigenvalue weighted by Gasteiger charge is -2.32. The van der Waals surface area contributed by atoms with Crippen LogP contribution in [0.25, 0.3) is 0 Å². The minimum Gasteiger partial charge on any atom is -0.462 e. The van der Waals surface area contributed by atoms with Crippen LogP contribution in [0.15, 0.2) is 0 Å². The van der Waals surface area contributed by atoms with Gasteiger partial charge >= 0.3 is 71.6 Å². The van der Waals surface area contributed by atoms with Gasteiger partial charge in [0.1, 0.15) is 79.3 Å². The molecule has 0 bridgehead atoms. The summed E-state index contributed by atoms with van der Waals surface area (Å²) in [4.78, 5) is 161. The number of ether oxygens (including phenoxy) is 12. The Morgan fingerprint density at radius 3 is 0.541 bits per heavy atom. The van der Waals surface area contributed by atoms with Crippen molar-refractivity contribution in [3.63, 3.8) is 0 Å². The van der Waals surface area contributed by atoms with Gasteiger partial charge in [-0.15, -0.1) is 0 Å². The van der Waals surface area contributed by atoms with Gasteiger partial charge in [0.05, 0.1) is 74.0 Å². The maximum Gasteiger partial charge on any atom is 0.309 e. The highest BCUT2D eigenvalue weighted by Gasteiger charge is 2.23. The first-order valence-electron chi connectivity index (χ1n) is 32.8. The molecule has 0 aliphatic carbocycles. The third-order valence-electron chi connectivity index (χ3n) is 14.2. The molecule has 0 aliphatic rings. The van der Waals surface area contributed by atoms with Crippen LogP contribution in [0.5, 0.6) is 0 Å². The van der Waals surface area contributed by atoms with Gasteiger partial charge in [-0.1, -0.05) is 41.5 Å². The van der Waals surface area contributed by atoms with E-state index in [1.165, 1.54) is 47.0 Å². The summed E-state index contributed by atoms with van der Waals surface area (Å²) >= 11 is 14.2. The van der Waals surface area contributed by atoms with Gasteiger partial charge in [0, 0.05) is 113 Å². The Balaban J connectivity index is 7.15. The Labute approximate surface area is 607 Å². The number of rotatable bonds is 61. The Hall–Kier alpha value is -4.42. The molecular weight excluding hydrogens is 1400 g/mol. The van der Waals surface area contributed by atoms with Gasteiger partial charge in [0.15, 0.2) is 0 Å². The van der Waals surface area contributed by atoms with Crippen LogP contribution >= 0.6 is 72.3 Å². The molecule has 0 amide bonds. The summed E-state index contributed by atoms with van der Waals surface area (Å²) in [6.45, 7) is 10.1. The number of hydrogen-bond donors (Lipinski definition) is 2. The molecule has 0 aromatic rings. The maximum absolute atomic E-state index is 13.2. The van der Waals surface area contributed by atoms with E-state index in [0.717, 1.165) is 0 Å². The predicted octanol–water partition coefficient (Wildman–Crippen LogP) is 4.18. The first-order chi connectivity index (χ1) is 46.8. The summed E-state index contributed by atoms with van der Waals surface area (Å²) < 4.78 is 64.0. The van der Waals surface area contributed by atoms with Gasteiger partial charge in [-0.05, 0) is 25.0 Å². The Morgan fingerprint density at radius 1 is 0.245 bits per heavy atom. The van der Waals surface area contributed by atoms with Gasteiger partial charge in [-0.2, -0.15) is 72.3 Å². The van der Waals surface area contributed by atoms with Crippen LogP contribution < -0.4 is 0 Å². The quantitative estimate of drug-likeness (QED) is 0.0373. The van der Waals surface area contributed by atoms with Crippen molar-refractivity contribution < 1.29 is 114 Å². The van der Waals surface area contributed by atoms with E-state index >= 15 is 0 Å². The van der Waals surface area contributed by atoms with Crippen LogP contribution in [0, 0.1) is 35.5 Å². The van der Waals surface area contributed by atoms with Crippen molar-refractivity contribution in [3.8, 4) is 0 Å². The molecule has 0 fully saturated rings. The number of carbonyl (C=O) groups excluding carboxylic acids is 12. The molecule has 6 atom stereocenters. The van der Waals surface area contributed by atoms with Crippen molar-refractivity contribution in [2.75, 3.05) is 217 Å². The molecule has 0 rings (SSSR count). The minimum atomic E-state index is -0.611. The average Bonchev–Trinajstić information content (AvgIpc) is 1.20. The highest BCUT2D eigenvalue weighted by atomic mass is 32.2. The van der Waals surface area contributed by atoms with E-state index in [1.54, 1.807) is 41.5 Å². The van der Waals surface area contributed by atoms with E-state index < -0.39 is 83.5 Å². The molecule has 0 aromatic heterocycles. The highest BCUT2D eigenvalue weighted by Crippen LogP contribution is 2.12. The number of thiol groups is 2. The van der Waals surface area contributed by atoms with E-state index in [1.807, 2.05) is 44.6 Å². The van der Waals surface area contributed by atoms with Crippen molar-refractivity contribution in [2.45, 2.75) is 80.1 Å². The molecule has 0 saturated heterocycles. The highest BCUT2D eigenvalue weighted by molar-refractivity contribution is 7.99. The van der Waals surface area contributed by atoms with Crippen molar-refractivity contribution in [1.82, 2.24) is 19.6 Å². The molecule has 0 heterocycles. The Morgan fingerprint density at radius 2 is 0.388 bits per heavy atom. The summed E-state index contributed by atoms with van der Waals surface area (Å²) in [7, 11) is 0. The van der Waals surface area contributed by atoms with Gasteiger partial charge in [-0.3, -0.25) is 62.4 Å². The zero-order chi connectivity index (χ0) is 73.5. The van der Waals surface area contributed by atoms with Crippen LogP contribution in [0.1, 0.15) is 80.1 Å². The van der Waals surface area contributed by atoms with Gasteiger partial charge in [0.2, 0.25) is 0 Å². The topological polar surface area (TPSA) is 329 Å². The zero-order valence-corrected chi connectivity index (χ0v) is 64.1. The number of esters is 12. The fraction of sp³-hybridized carbons (Fsp3) is 0.812. The SMILES string of the molecule is CSCC(C)C(=O)OCCOC(=O)CCN(CCC(=O)OCCOC(=O)C(C)CS)CCN(CCN(CCC(=O)OCCOC(=O)C(C)CS)CCC(=O)OCCOC(=O)C(C)CSC)CCN(CCC(=O)OCCOC(=O)C(C)CSC)CCC(=O)OCCOC(=O)C(C)CSC. The second-order valence-electron chi connectivity index (χ2n) is 22.8. The van der Waals surface area contributed by atoms with Crippen molar-refractivity contribution >= 4 is 144 Å². The maximum atomic E-state index is 13.2. The van der Waals surface area contributed by atoms with Crippen LogP contribution in [0.2, 0.25) is 0 Å². The minimum absolute atomic E-state index is 0.0869. The molecule has 98 heavy (non-hydrogen) atoms. The molecule has 0 saturated carbocycles. The summed E-state index contributed by atoms with van der Waals surface area (Å²) in [5.74, 6) is -5.93. The molecule has 0 aliphatic heterocycles. The number of nitrogens with zero attached hydrogens (tertiary/aromatic N) is 4. The Bertz CT molecular complexity index is 2170. The fourth-order valence-electron chi connectivity index (χ4n) is 8.18. The molecule has 0 spiro atoms. The molecule has 6 unspecified atom stereocenters. The average molecular weight is 1510 g/mol. The smallest absolute Gasteiger partial charge is 0.309 e. The first-order valence-corrected chi connectivity index (χ1v) is 39.7. The molecule has 28 nitrogen and oxygen atoms in total. The Kier molecular flexibility index (Phi) is 57.5. The van der Waals surface area contributed by atoms with Gasteiger partial charge in [0.25, 0.3) is 0 Å². The molecule has 34 heteroatoms. The van der Waals surface area contributed by atoms with Gasteiger partial charge < -0.3 is 71.5 Å². The van der Waals surface area contributed by atoms with E-state index in [4.69, 9.17) is 56.8 Å². The largest absolute Gasteiger partial charge is 0.462 e. The summed E-state index contributed by atoms with van der Waals surface area (Å²) in [6, 6.07) is 0. The van der Waals surface area contributed by atoms with Crippen LogP contribution in [-0.2, 0) is 114 Å². The third-order valence-corrected chi connectivity index (χ3v) is 18.6. The second kappa shape index (κ2) is 60.2. The van der Waals surface area contributed by atoms with Crippen LogP contribution in [-0.4, -0.2) is 309 Å². The standard InChI is InChI=1S/C64H110N4O24S6/c1-47(41-93)59(75)87-35-29-81-53(69)11-17-65(19-13-55(71)83-31-37-89-61(77)49(3)43-95-7)23-26-68(27-24-66(18-12-54(70)82-30-36-88-60(76)48(2)42-94)20-14-56(72)84-32-38-90-62(78)50(4)44-96-8)28-25-67(21-15-57(73)85-33-39-91-63(79)51(5)45-97-9)22-16-58(74)86-34-40-92-64(80)52(6)46-98-10/h47-52,93-94H,11-46H2,1-10H3. The van der Waals surface area contributed by atoms with E-state index in [9.17, 15) is 57.5 Å². The monoisotopic (exact) mass is 1510 g/mol. The van der Waals surface area contributed by atoms with E-state index in [-0.39, 0.29) is 232 Å². The van der Waals surface area contributed by atoms with Crippen LogP contribution in [0.3, 0.4) is 0 Å². The summed E-state index contributed by atoms with van der Waals surface area (Å²) in [5, 5.41) is 0. The number of carbonyl (C=O) groups is 12. The summed E-state index contributed by atoms with van der Waals surface area (Å²) in [6.07, 6.45) is 6.64. The van der Waals surface area contributed by atoms with Crippen molar-refractivity contribution in [3.05, 3.63) is 0 Å². The lowest BCUT2D eigenvalue weighted by atomic mass is 10.2. The second-order valence-corrected chi connectivity index (χ2v) is 27.2. The normalized spacial score (nSPS) is 13.1. The third kappa shape index (κ3) is 50.0. The summed E-state index contributed by atoms with van der Waals surface area (Å²) in [5.41, 5.74) is 0. The lowest BCUT2D eigenvalue weighted by molar-refractivity contribution is -0.154. The first kappa shape index (κ1) is 93.6. The fourth-order valence-corrected chi connectivity index (χ4v) is 11.0. The predicted molar refractivity (Wildman–Crippen MR) is 381 cm³/mol. The molecule has 566 valence electrons. The van der Waals surface area contributed by atoms with Crippen molar-refractivity contribution in [1.29, 1.82) is 0 Å². The van der Waals surface area contributed by atoms with E-state index in [0.29, 0.717) is 23.0 Å². The lowest BCUT2D eigenvalue weighted by Crippen LogP contribution is -2.45. The van der Waals surface area contributed by atoms with E-state index in [2.05, 4.69) is 25.3 Å². The molecule has 0 aromatic carbocycles. The van der Waals surface area contributed by atoms with Crippen LogP contribution in [0.4, 0.5) is 0 Å². The molecule has 0 N–H and O–H groups in total. The molecule has 0 radical (unpaired) electrons. The number of hydrogen-bond acceptors (Lipinski definition) is 34. The number of thioether (sulfide) groups is 4. The zero-order valence-electron chi connectivity index (χ0n) is 59.0. The molecular formula is C64H110N4O24S6.